The average Bonchev–Trinajstić information content (AvgIpc) is 2.47. The normalized spacial score (nSPS) is 16.2. The summed E-state index contributed by atoms with van der Waals surface area (Å²) in [6, 6.07) is 4.86. The van der Waals surface area contributed by atoms with Gasteiger partial charge in [-0.3, -0.25) is 0 Å². The molecule has 1 aliphatic rings. The molecule has 0 atom stereocenters. The predicted octanol–water partition coefficient (Wildman–Crippen LogP) is 2.28. The van der Waals surface area contributed by atoms with Crippen molar-refractivity contribution in [3.8, 4) is 0 Å². The minimum atomic E-state index is -0.306. The summed E-state index contributed by atoms with van der Waals surface area (Å²) in [7, 11) is 0. The quantitative estimate of drug-likeness (QED) is 0.496. The van der Waals surface area contributed by atoms with Crippen LogP contribution in [0.2, 0.25) is 0 Å². The van der Waals surface area contributed by atoms with Crippen LogP contribution < -0.4 is 11.5 Å². The lowest BCUT2D eigenvalue weighted by molar-refractivity contribution is 0.0156. The van der Waals surface area contributed by atoms with Gasteiger partial charge < -0.3 is 16.2 Å². The summed E-state index contributed by atoms with van der Waals surface area (Å²) in [5.41, 5.74) is 11.4. The SMILES string of the molecule is NC(N)=NN=Cc1ccc(COC2CCCCC2)c(F)c1. The van der Waals surface area contributed by atoms with Gasteiger partial charge in [0.2, 0.25) is 5.96 Å². The molecule has 0 aromatic heterocycles. The fourth-order valence-corrected chi connectivity index (χ4v) is 2.36. The maximum atomic E-state index is 14.0. The summed E-state index contributed by atoms with van der Waals surface area (Å²) in [4.78, 5) is 0. The first-order chi connectivity index (χ1) is 10.1. The first-order valence-electron chi connectivity index (χ1n) is 7.17. The number of rotatable bonds is 5. The Morgan fingerprint density at radius 3 is 2.71 bits per heavy atom. The first-order valence-corrected chi connectivity index (χ1v) is 7.17. The average molecular weight is 292 g/mol. The highest BCUT2D eigenvalue weighted by atomic mass is 19.1. The standard InChI is InChI=1S/C15H21FN4O/c16-14-8-11(9-19-20-15(17)18)6-7-12(14)10-21-13-4-2-1-3-5-13/h6-9,13H,1-5,10H2,(H4,17,18,20). The van der Waals surface area contributed by atoms with Crippen LogP contribution in [0.4, 0.5) is 4.39 Å². The van der Waals surface area contributed by atoms with Crippen LogP contribution in [0.3, 0.4) is 0 Å². The Labute approximate surface area is 123 Å². The Bertz CT molecular complexity index is 520. The van der Waals surface area contributed by atoms with Gasteiger partial charge in [0.1, 0.15) is 5.82 Å². The molecule has 0 unspecified atom stereocenters. The van der Waals surface area contributed by atoms with Gasteiger partial charge in [-0.1, -0.05) is 31.4 Å². The van der Waals surface area contributed by atoms with Crippen molar-refractivity contribution in [3.05, 3.63) is 35.1 Å². The van der Waals surface area contributed by atoms with Gasteiger partial charge in [-0.15, -0.1) is 5.10 Å². The summed E-state index contributed by atoms with van der Waals surface area (Å²) >= 11 is 0. The van der Waals surface area contributed by atoms with Gasteiger partial charge in [0.05, 0.1) is 18.9 Å². The second-order valence-corrected chi connectivity index (χ2v) is 5.19. The third-order valence-electron chi connectivity index (χ3n) is 3.48. The van der Waals surface area contributed by atoms with E-state index in [1.54, 1.807) is 12.1 Å². The smallest absolute Gasteiger partial charge is 0.211 e. The van der Waals surface area contributed by atoms with Gasteiger partial charge in [-0.05, 0) is 24.5 Å². The number of nitrogens with zero attached hydrogens (tertiary/aromatic N) is 2. The number of ether oxygens (including phenoxy) is 1. The maximum Gasteiger partial charge on any atom is 0.211 e. The summed E-state index contributed by atoms with van der Waals surface area (Å²) < 4.78 is 19.7. The third-order valence-corrected chi connectivity index (χ3v) is 3.48. The molecule has 1 aliphatic carbocycles. The number of nitrogens with two attached hydrogens (primary N) is 2. The van der Waals surface area contributed by atoms with Crippen LogP contribution in [0.1, 0.15) is 43.2 Å². The van der Waals surface area contributed by atoms with Crippen molar-refractivity contribution in [2.24, 2.45) is 21.7 Å². The van der Waals surface area contributed by atoms with Gasteiger partial charge in [0, 0.05) is 5.56 Å². The number of benzene rings is 1. The minimum absolute atomic E-state index is 0.135. The Morgan fingerprint density at radius 1 is 1.29 bits per heavy atom. The molecule has 1 aromatic carbocycles. The molecule has 0 heterocycles. The zero-order valence-electron chi connectivity index (χ0n) is 12.0. The number of halogens is 1. The molecule has 1 saturated carbocycles. The molecular weight excluding hydrogens is 271 g/mol. The van der Waals surface area contributed by atoms with Crippen molar-refractivity contribution < 1.29 is 9.13 Å². The third kappa shape index (κ3) is 5.15. The summed E-state index contributed by atoms with van der Waals surface area (Å²) in [6.45, 7) is 0.307. The van der Waals surface area contributed by atoms with E-state index in [2.05, 4.69) is 10.2 Å². The fraction of sp³-hybridized carbons (Fsp3) is 0.467. The highest BCUT2D eigenvalue weighted by Gasteiger charge is 2.14. The van der Waals surface area contributed by atoms with Crippen LogP contribution in [-0.4, -0.2) is 18.3 Å². The Balaban J connectivity index is 1.92. The molecule has 5 nitrogen and oxygen atoms in total. The van der Waals surface area contributed by atoms with E-state index < -0.39 is 0 Å². The van der Waals surface area contributed by atoms with E-state index in [1.807, 2.05) is 0 Å². The van der Waals surface area contributed by atoms with E-state index in [0.29, 0.717) is 17.7 Å². The fourth-order valence-electron chi connectivity index (χ4n) is 2.36. The zero-order chi connectivity index (χ0) is 15.1. The Kier molecular flexibility index (Phi) is 5.68. The van der Waals surface area contributed by atoms with Gasteiger partial charge in [-0.25, -0.2) is 4.39 Å². The van der Waals surface area contributed by atoms with Crippen LogP contribution in [-0.2, 0) is 11.3 Å². The molecule has 0 bridgehead atoms. The molecule has 0 amide bonds. The number of guanidine groups is 1. The van der Waals surface area contributed by atoms with E-state index >= 15 is 0 Å². The van der Waals surface area contributed by atoms with Gasteiger partial charge in [0.25, 0.3) is 0 Å². The van der Waals surface area contributed by atoms with E-state index in [1.165, 1.54) is 31.5 Å². The van der Waals surface area contributed by atoms with Crippen molar-refractivity contribution in [1.29, 1.82) is 0 Å². The van der Waals surface area contributed by atoms with E-state index in [0.717, 1.165) is 12.8 Å². The molecule has 0 saturated heterocycles. The van der Waals surface area contributed by atoms with E-state index in [4.69, 9.17) is 16.2 Å². The number of hydrogen-bond acceptors (Lipinski definition) is 3. The summed E-state index contributed by atoms with van der Waals surface area (Å²) in [6.07, 6.45) is 7.49. The highest BCUT2D eigenvalue weighted by Crippen LogP contribution is 2.22. The van der Waals surface area contributed by atoms with Crippen LogP contribution in [0.15, 0.2) is 28.4 Å². The van der Waals surface area contributed by atoms with E-state index in [9.17, 15) is 4.39 Å². The Hall–Kier alpha value is -1.95. The molecule has 4 N–H and O–H groups in total. The van der Waals surface area contributed by atoms with Crippen molar-refractivity contribution in [3.63, 3.8) is 0 Å². The lowest BCUT2D eigenvalue weighted by atomic mass is 9.98. The van der Waals surface area contributed by atoms with Gasteiger partial charge in [0.15, 0.2) is 0 Å². The first kappa shape index (κ1) is 15.4. The Morgan fingerprint density at radius 2 is 2.05 bits per heavy atom. The van der Waals surface area contributed by atoms with Crippen LogP contribution in [0.25, 0.3) is 0 Å². The van der Waals surface area contributed by atoms with Crippen molar-refractivity contribution in [1.82, 2.24) is 0 Å². The van der Waals surface area contributed by atoms with Crippen molar-refractivity contribution in [2.45, 2.75) is 44.8 Å². The molecule has 2 rings (SSSR count). The molecule has 21 heavy (non-hydrogen) atoms. The van der Waals surface area contributed by atoms with E-state index in [-0.39, 0.29) is 17.9 Å². The minimum Gasteiger partial charge on any atom is -0.373 e. The van der Waals surface area contributed by atoms with Crippen LogP contribution >= 0.6 is 0 Å². The largest absolute Gasteiger partial charge is 0.373 e. The zero-order valence-corrected chi connectivity index (χ0v) is 12.0. The highest BCUT2D eigenvalue weighted by molar-refractivity contribution is 5.81. The lowest BCUT2D eigenvalue weighted by Gasteiger charge is -2.22. The molecule has 0 spiro atoms. The van der Waals surface area contributed by atoms with Gasteiger partial charge >= 0.3 is 0 Å². The molecule has 1 fully saturated rings. The van der Waals surface area contributed by atoms with Crippen molar-refractivity contribution in [2.75, 3.05) is 0 Å². The topological polar surface area (TPSA) is 86.0 Å². The van der Waals surface area contributed by atoms with Crippen LogP contribution in [0.5, 0.6) is 0 Å². The molecule has 6 heteroatoms. The molecule has 1 aromatic rings. The monoisotopic (exact) mass is 292 g/mol. The molecule has 114 valence electrons. The number of hydrogen-bond donors (Lipinski definition) is 2. The second-order valence-electron chi connectivity index (χ2n) is 5.19. The maximum absolute atomic E-state index is 14.0. The van der Waals surface area contributed by atoms with Crippen molar-refractivity contribution >= 4 is 12.2 Å². The molecule has 0 radical (unpaired) electrons. The predicted molar refractivity (Wildman–Crippen MR) is 81.5 cm³/mol. The summed E-state index contributed by atoms with van der Waals surface area (Å²) in [5.74, 6) is -0.441. The summed E-state index contributed by atoms with van der Waals surface area (Å²) in [5, 5.41) is 7.11. The van der Waals surface area contributed by atoms with Gasteiger partial charge in [-0.2, -0.15) is 5.10 Å². The van der Waals surface area contributed by atoms with Crippen LogP contribution in [0, 0.1) is 5.82 Å². The lowest BCUT2D eigenvalue weighted by Crippen LogP contribution is -2.21. The second kappa shape index (κ2) is 7.73. The molecular formula is C15H21FN4O. The molecule has 0 aliphatic heterocycles.